The monoisotopic (exact) mass is 579 g/mol. The minimum Gasteiger partial charge on any atom is -0.354 e. The molecule has 0 bridgehead atoms. The number of benzene rings is 3. The number of rotatable bonds is 15. The maximum Gasteiger partial charge on any atom is 0.247 e. The lowest BCUT2D eigenvalue weighted by molar-refractivity contribution is -0.141. The molecule has 0 spiro atoms. The number of carbonyl (C=O) groups is 2. The number of amides is 2. The lowest BCUT2D eigenvalue weighted by Gasteiger charge is -2.32. The first-order valence-electron chi connectivity index (χ1n) is 14.2. The molecule has 1 atom stereocenters. The Morgan fingerprint density at radius 2 is 1.59 bits per heavy atom. The highest BCUT2D eigenvalue weighted by Gasteiger charge is 2.31. The van der Waals surface area contributed by atoms with Crippen molar-refractivity contribution in [2.75, 3.05) is 6.54 Å². The van der Waals surface area contributed by atoms with Crippen LogP contribution in [-0.2, 0) is 32.6 Å². The van der Waals surface area contributed by atoms with Crippen LogP contribution in [0.5, 0.6) is 0 Å². The number of hydrogen-bond donors (Lipinski definition) is 2. The summed E-state index contributed by atoms with van der Waals surface area (Å²) in [7, 11) is -3.56. The first kappa shape index (κ1) is 30.4. The van der Waals surface area contributed by atoms with Crippen molar-refractivity contribution in [3.63, 3.8) is 0 Å². The minimum atomic E-state index is -3.56. The zero-order chi connectivity index (χ0) is 29.2. The van der Waals surface area contributed by atoms with E-state index >= 15 is 0 Å². The maximum atomic E-state index is 13.8. The summed E-state index contributed by atoms with van der Waals surface area (Å²) >= 11 is 0. The van der Waals surface area contributed by atoms with Crippen LogP contribution in [0.1, 0.15) is 68.2 Å². The van der Waals surface area contributed by atoms with Crippen LogP contribution in [0.25, 0.3) is 0 Å². The Hall–Kier alpha value is -3.56. The number of aryl methyl sites for hydroxylation is 1. The van der Waals surface area contributed by atoms with E-state index in [0.29, 0.717) is 24.1 Å². The van der Waals surface area contributed by atoms with E-state index < -0.39 is 16.1 Å². The van der Waals surface area contributed by atoms with E-state index in [2.05, 4.69) is 17.0 Å². The molecule has 0 aliphatic heterocycles. The normalized spacial score (nSPS) is 13.9. The number of sulfonamides is 1. The first-order valence-corrected chi connectivity index (χ1v) is 15.7. The van der Waals surface area contributed by atoms with Gasteiger partial charge in [0.15, 0.2) is 0 Å². The van der Waals surface area contributed by atoms with Crippen molar-refractivity contribution < 1.29 is 22.4 Å². The standard InChI is InChI=1S/C32H38FN3O4S/c1-2-3-7-22-34-32(38)31(26-8-5-4-6-9-26)36(23-25-10-15-27(33)16-11-25)30(37)21-14-24-12-19-29(20-13-24)41(39,40)35-28-17-18-28/h4-6,8-13,15-16,19-20,28,31,35H,2-3,7,14,17-18,21-23H2,1H3,(H,34,38)/t31-/m1/s1. The molecule has 0 radical (unpaired) electrons. The zero-order valence-electron chi connectivity index (χ0n) is 23.4. The molecule has 0 saturated heterocycles. The Morgan fingerprint density at radius 1 is 0.927 bits per heavy atom. The average Bonchev–Trinajstić information content (AvgIpc) is 3.79. The van der Waals surface area contributed by atoms with E-state index in [1.54, 1.807) is 41.3 Å². The summed E-state index contributed by atoms with van der Waals surface area (Å²) in [5.41, 5.74) is 2.21. The lowest BCUT2D eigenvalue weighted by Crippen LogP contribution is -2.43. The predicted octanol–water partition coefficient (Wildman–Crippen LogP) is 5.28. The summed E-state index contributed by atoms with van der Waals surface area (Å²) in [5, 5.41) is 3.00. The fraction of sp³-hybridized carbons (Fsp3) is 0.375. The van der Waals surface area contributed by atoms with Crippen LogP contribution >= 0.6 is 0 Å². The molecule has 2 N–H and O–H groups in total. The van der Waals surface area contributed by atoms with Gasteiger partial charge in [0, 0.05) is 25.6 Å². The Bertz CT molecular complexity index is 1390. The summed E-state index contributed by atoms with van der Waals surface area (Å²) < 4.78 is 41.3. The molecule has 3 aromatic carbocycles. The number of nitrogens with zero attached hydrogens (tertiary/aromatic N) is 1. The Morgan fingerprint density at radius 3 is 2.22 bits per heavy atom. The number of hydrogen-bond acceptors (Lipinski definition) is 4. The van der Waals surface area contributed by atoms with Crippen molar-refractivity contribution in [1.29, 1.82) is 0 Å². The molecule has 1 aliphatic carbocycles. The fourth-order valence-electron chi connectivity index (χ4n) is 4.62. The van der Waals surface area contributed by atoms with Gasteiger partial charge in [0.2, 0.25) is 21.8 Å². The Kier molecular flexibility index (Phi) is 10.7. The number of nitrogens with one attached hydrogen (secondary N) is 2. The van der Waals surface area contributed by atoms with Gasteiger partial charge in [-0.2, -0.15) is 0 Å². The third kappa shape index (κ3) is 8.96. The van der Waals surface area contributed by atoms with Crippen LogP contribution in [0.4, 0.5) is 4.39 Å². The minimum absolute atomic E-state index is 0.0193. The van der Waals surface area contributed by atoms with Gasteiger partial charge in [0.05, 0.1) is 4.90 Å². The summed E-state index contributed by atoms with van der Waals surface area (Å²) in [6.07, 6.45) is 5.05. The highest BCUT2D eigenvalue weighted by molar-refractivity contribution is 7.89. The molecule has 218 valence electrons. The number of unbranched alkanes of at least 4 members (excludes halogenated alkanes) is 2. The molecular formula is C32H38FN3O4S. The van der Waals surface area contributed by atoms with Gasteiger partial charge in [0.1, 0.15) is 11.9 Å². The zero-order valence-corrected chi connectivity index (χ0v) is 24.2. The highest BCUT2D eigenvalue weighted by Crippen LogP contribution is 2.26. The van der Waals surface area contributed by atoms with Gasteiger partial charge < -0.3 is 10.2 Å². The second kappa shape index (κ2) is 14.4. The first-order chi connectivity index (χ1) is 19.8. The van der Waals surface area contributed by atoms with Crippen molar-refractivity contribution in [2.45, 2.75) is 75.4 Å². The van der Waals surface area contributed by atoms with E-state index in [0.717, 1.165) is 37.7 Å². The topological polar surface area (TPSA) is 95.6 Å². The van der Waals surface area contributed by atoms with Crippen molar-refractivity contribution in [3.8, 4) is 0 Å². The summed E-state index contributed by atoms with van der Waals surface area (Å²) in [6, 6.07) is 20.8. The van der Waals surface area contributed by atoms with Crippen LogP contribution in [0.3, 0.4) is 0 Å². The predicted molar refractivity (Wildman–Crippen MR) is 157 cm³/mol. The van der Waals surface area contributed by atoms with Gasteiger partial charge in [-0.15, -0.1) is 0 Å². The summed E-state index contributed by atoms with van der Waals surface area (Å²) in [6.45, 7) is 2.74. The van der Waals surface area contributed by atoms with E-state index in [-0.39, 0.29) is 41.5 Å². The largest absolute Gasteiger partial charge is 0.354 e. The molecule has 1 fully saturated rings. The molecule has 0 aromatic heterocycles. The van der Waals surface area contributed by atoms with Crippen molar-refractivity contribution in [3.05, 3.63) is 101 Å². The smallest absolute Gasteiger partial charge is 0.247 e. The Labute approximate surface area is 242 Å². The molecule has 9 heteroatoms. The van der Waals surface area contributed by atoms with Crippen LogP contribution in [0, 0.1) is 5.82 Å². The molecule has 7 nitrogen and oxygen atoms in total. The maximum absolute atomic E-state index is 13.8. The second-order valence-electron chi connectivity index (χ2n) is 10.5. The quantitative estimate of drug-likeness (QED) is 0.240. The highest BCUT2D eigenvalue weighted by atomic mass is 32.2. The van der Waals surface area contributed by atoms with Crippen molar-refractivity contribution >= 4 is 21.8 Å². The molecule has 0 unspecified atom stereocenters. The van der Waals surface area contributed by atoms with E-state index in [1.165, 1.54) is 12.1 Å². The van der Waals surface area contributed by atoms with Crippen LogP contribution < -0.4 is 10.0 Å². The summed E-state index contributed by atoms with van der Waals surface area (Å²) in [5.74, 6) is -0.878. The Balaban J connectivity index is 1.54. The lowest BCUT2D eigenvalue weighted by atomic mass is 10.0. The van der Waals surface area contributed by atoms with Gasteiger partial charge in [-0.1, -0.05) is 74.4 Å². The van der Waals surface area contributed by atoms with Gasteiger partial charge in [-0.3, -0.25) is 9.59 Å². The fourth-order valence-corrected chi connectivity index (χ4v) is 5.93. The molecule has 0 heterocycles. The van der Waals surface area contributed by atoms with E-state index in [4.69, 9.17) is 0 Å². The SMILES string of the molecule is CCCCCNC(=O)[C@@H](c1ccccc1)N(Cc1ccc(F)cc1)C(=O)CCc1ccc(S(=O)(=O)NC2CC2)cc1. The third-order valence-corrected chi connectivity index (χ3v) is 8.64. The van der Waals surface area contributed by atoms with Crippen molar-refractivity contribution in [1.82, 2.24) is 14.9 Å². The molecular weight excluding hydrogens is 541 g/mol. The third-order valence-electron chi connectivity index (χ3n) is 7.10. The molecule has 41 heavy (non-hydrogen) atoms. The van der Waals surface area contributed by atoms with Gasteiger partial charge in [0.25, 0.3) is 0 Å². The molecule has 3 aromatic rings. The van der Waals surface area contributed by atoms with Gasteiger partial charge in [-0.05, 0) is 66.6 Å². The molecule has 4 rings (SSSR count). The van der Waals surface area contributed by atoms with Gasteiger partial charge in [-0.25, -0.2) is 17.5 Å². The van der Waals surface area contributed by atoms with Crippen LogP contribution in [-0.4, -0.2) is 37.7 Å². The van der Waals surface area contributed by atoms with Gasteiger partial charge >= 0.3 is 0 Å². The second-order valence-corrected chi connectivity index (χ2v) is 12.2. The van der Waals surface area contributed by atoms with Crippen LogP contribution in [0.2, 0.25) is 0 Å². The molecule has 2 amide bonds. The van der Waals surface area contributed by atoms with E-state index in [1.807, 2.05) is 30.3 Å². The average molecular weight is 580 g/mol. The molecule has 1 saturated carbocycles. The van der Waals surface area contributed by atoms with Crippen molar-refractivity contribution in [2.24, 2.45) is 0 Å². The summed E-state index contributed by atoms with van der Waals surface area (Å²) in [4.78, 5) is 29.1. The molecule has 1 aliphatic rings. The van der Waals surface area contributed by atoms with Crippen LogP contribution in [0.15, 0.2) is 83.8 Å². The number of carbonyl (C=O) groups excluding carboxylic acids is 2. The van der Waals surface area contributed by atoms with E-state index in [9.17, 15) is 22.4 Å². The number of halogens is 1.